The van der Waals surface area contributed by atoms with E-state index in [1.165, 1.54) is 11.0 Å². The second kappa shape index (κ2) is 4.89. The van der Waals surface area contributed by atoms with Crippen molar-refractivity contribution in [1.82, 2.24) is 14.8 Å². The minimum atomic E-state index is -0.691. The standard InChI is InChI=1S/C9H14N4O4/c1-9(2,3)17-7(14)4-5-12-6-10-8(11-12)13(15)16/h6H,4-5H2,1-3H3. The zero-order valence-electron chi connectivity index (χ0n) is 9.91. The first-order valence-electron chi connectivity index (χ1n) is 5.03. The van der Waals surface area contributed by atoms with E-state index in [9.17, 15) is 14.9 Å². The Bertz CT molecular complexity index is 421. The third kappa shape index (κ3) is 4.58. The van der Waals surface area contributed by atoms with E-state index in [4.69, 9.17) is 4.74 Å². The summed E-state index contributed by atoms with van der Waals surface area (Å²) in [5.74, 6) is -0.857. The van der Waals surface area contributed by atoms with Gasteiger partial charge in [0.05, 0.1) is 13.0 Å². The van der Waals surface area contributed by atoms with Gasteiger partial charge in [-0.3, -0.25) is 4.79 Å². The average Bonchev–Trinajstić information content (AvgIpc) is 2.60. The van der Waals surface area contributed by atoms with E-state index >= 15 is 0 Å². The molecule has 0 atom stereocenters. The first-order valence-corrected chi connectivity index (χ1v) is 5.03. The molecule has 0 aromatic carbocycles. The van der Waals surface area contributed by atoms with Crippen LogP contribution in [0.3, 0.4) is 0 Å². The minimum Gasteiger partial charge on any atom is -0.460 e. The highest BCUT2D eigenvalue weighted by molar-refractivity contribution is 5.69. The monoisotopic (exact) mass is 242 g/mol. The van der Waals surface area contributed by atoms with Gasteiger partial charge < -0.3 is 14.9 Å². The molecule has 8 nitrogen and oxygen atoms in total. The highest BCUT2D eigenvalue weighted by Crippen LogP contribution is 2.09. The van der Waals surface area contributed by atoms with Gasteiger partial charge in [-0.2, -0.15) is 4.68 Å². The molecule has 0 aliphatic heterocycles. The van der Waals surface area contributed by atoms with Crippen LogP contribution in [-0.4, -0.2) is 31.3 Å². The zero-order chi connectivity index (χ0) is 13.1. The van der Waals surface area contributed by atoms with Crippen molar-refractivity contribution in [3.8, 4) is 0 Å². The predicted molar refractivity (Wildman–Crippen MR) is 57.1 cm³/mol. The summed E-state index contributed by atoms with van der Waals surface area (Å²) in [5, 5.41) is 13.9. The predicted octanol–water partition coefficient (Wildman–Crippen LogP) is 0.918. The lowest BCUT2D eigenvalue weighted by molar-refractivity contribution is -0.394. The maximum absolute atomic E-state index is 11.4. The number of carbonyl (C=O) groups excluding carboxylic acids is 1. The van der Waals surface area contributed by atoms with E-state index in [2.05, 4.69) is 10.1 Å². The van der Waals surface area contributed by atoms with Gasteiger partial charge in [0.2, 0.25) is 6.33 Å². The van der Waals surface area contributed by atoms with E-state index in [1.54, 1.807) is 20.8 Å². The van der Waals surface area contributed by atoms with Gasteiger partial charge in [0, 0.05) is 5.10 Å². The summed E-state index contributed by atoms with van der Waals surface area (Å²) in [6.07, 6.45) is 1.31. The van der Waals surface area contributed by atoms with Crippen LogP contribution in [0.5, 0.6) is 0 Å². The maximum Gasteiger partial charge on any atom is 0.490 e. The van der Waals surface area contributed by atoms with E-state index in [-0.39, 0.29) is 18.9 Å². The molecule has 8 heteroatoms. The van der Waals surface area contributed by atoms with Gasteiger partial charge >= 0.3 is 11.9 Å². The fourth-order valence-corrected chi connectivity index (χ4v) is 1.07. The molecular weight excluding hydrogens is 228 g/mol. The molecule has 1 heterocycles. The Labute approximate surface area is 97.7 Å². The number of nitrogens with zero attached hydrogens (tertiary/aromatic N) is 4. The maximum atomic E-state index is 11.4. The summed E-state index contributed by atoms with van der Waals surface area (Å²) in [7, 11) is 0. The summed E-state index contributed by atoms with van der Waals surface area (Å²) < 4.78 is 6.32. The van der Waals surface area contributed by atoms with Crippen molar-refractivity contribution in [2.24, 2.45) is 0 Å². The third-order valence-electron chi connectivity index (χ3n) is 1.65. The van der Waals surface area contributed by atoms with Crippen molar-refractivity contribution < 1.29 is 14.5 Å². The van der Waals surface area contributed by atoms with E-state index in [0.29, 0.717) is 0 Å². The van der Waals surface area contributed by atoms with Gasteiger partial charge in [-0.15, -0.1) is 0 Å². The molecular formula is C9H14N4O4. The van der Waals surface area contributed by atoms with Crippen LogP contribution < -0.4 is 0 Å². The van der Waals surface area contributed by atoms with Crippen molar-refractivity contribution >= 4 is 11.9 Å². The molecule has 0 spiro atoms. The first kappa shape index (κ1) is 13.1. The molecule has 0 aliphatic rings. The van der Waals surface area contributed by atoms with Crippen LogP contribution in [0.15, 0.2) is 6.33 Å². The fraction of sp³-hybridized carbons (Fsp3) is 0.667. The van der Waals surface area contributed by atoms with Gasteiger partial charge in [0.1, 0.15) is 5.60 Å². The molecule has 0 radical (unpaired) electrons. The molecule has 0 saturated carbocycles. The molecule has 0 fully saturated rings. The molecule has 94 valence electrons. The minimum absolute atomic E-state index is 0.0950. The Kier molecular flexibility index (Phi) is 3.77. The number of hydrogen-bond donors (Lipinski definition) is 0. The number of rotatable bonds is 4. The lowest BCUT2D eigenvalue weighted by atomic mass is 10.2. The molecule has 0 N–H and O–H groups in total. The van der Waals surface area contributed by atoms with Crippen LogP contribution in [0.4, 0.5) is 5.95 Å². The van der Waals surface area contributed by atoms with Crippen LogP contribution in [-0.2, 0) is 16.1 Å². The molecule has 1 rings (SSSR count). The number of aromatic nitrogens is 3. The normalized spacial score (nSPS) is 11.2. The number of esters is 1. The van der Waals surface area contributed by atoms with Crippen molar-refractivity contribution in [1.29, 1.82) is 0 Å². The smallest absolute Gasteiger partial charge is 0.460 e. The van der Waals surface area contributed by atoms with Gasteiger partial charge in [-0.1, -0.05) is 4.98 Å². The van der Waals surface area contributed by atoms with Crippen molar-refractivity contribution in [2.75, 3.05) is 0 Å². The van der Waals surface area contributed by atoms with Crippen molar-refractivity contribution in [3.63, 3.8) is 0 Å². The van der Waals surface area contributed by atoms with Crippen LogP contribution in [0.2, 0.25) is 0 Å². The quantitative estimate of drug-likeness (QED) is 0.442. The average molecular weight is 242 g/mol. The van der Waals surface area contributed by atoms with Crippen molar-refractivity contribution in [3.05, 3.63) is 16.4 Å². The largest absolute Gasteiger partial charge is 0.490 e. The van der Waals surface area contributed by atoms with Crippen LogP contribution in [0, 0.1) is 10.1 Å². The van der Waals surface area contributed by atoms with Crippen molar-refractivity contribution in [2.45, 2.75) is 39.3 Å². The molecule has 1 aromatic heterocycles. The summed E-state index contributed by atoms with van der Waals surface area (Å²) in [5.41, 5.74) is -0.536. The van der Waals surface area contributed by atoms with Gasteiger partial charge in [0.15, 0.2) is 0 Å². The Morgan fingerprint density at radius 3 is 2.71 bits per heavy atom. The highest BCUT2D eigenvalue weighted by atomic mass is 16.6. The Balaban J connectivity index is 2.45. The molecule has 0 unspecified atom stereocenters. The number of ether oxygens (including phenoxy) is 1. The van der Waals surface area contributed by atoms with Crippen LogP contribution in [0.1, 0.15) is 27.2 Å². The number of carbonyl (C=O) groups is 1. The van der Waals surface area contributed by atoms with Crippen LogP contribution >= 0.6 is 0 Å². The Morgan fingerprint density at radius 2 is 2.24 bits per heavy atom. The second-order valence-corrected chi connectivity index (χ2v) is 4.40. The molecule has 0 aliphatic carbocycles. The molecule has 0 amide bonds. The number of nitro groups is 1. The lowest BCUT2D eigenvalue weighted by Gasteiger charge is -2.19. The number of hydrogen-bond acceptors (Lipinski definition) is 6. The zero-order valence-corrected chi connectivity index (χ0v) is 9.91. The van der Waals surface area contributed by atoms with Gasteiger partial charge in [-0.25, -0.2) is 0 Å². The first-order chi connectivity index (χ1) is 7.78. The summed E-state index contributed by atoms with van der Waals surface area (Å²) in [6.45, 7) is 5.51. The Morgan fingerprint density at radius 1 is 1.59 bits per heavy atom. The SMILES string of the molecule is CC(C)(C)OC(=O)CCn1cnc([N+](=O)[O-])n1. The Hall–Kier alpha value is -1.99. The fourth-order valence-electron chi connectivity index (χ4n) is 1.07. The summed E-state index contributed by atoms with van der Waals surface area (Å²) >= 11 is 0. The van der Waals surface area contributed by atoms with Gasteiger partial charge in [-0.05, 0) is 25.7 Å². The molecule has 0 saturated heterocycles. The molecule has 17 heavy (non-hydrogen) atoms. The number of aryl methyl sites for hydroxylation is 1. The van der Waals surface area contributed by atoms with Gasteiger partial charge in [0.25, 0.3) is 0 Å². The topological polar surface area (TPSA) is 100 Å². The van der Waals surface area contributed by atoms with E-state index in [1.807, 2.05) is 0 Å². The van der Waals surface area contributed by atoms with E-state index in [0.717, 1.165) is 0 Å². The summed E-state index contributed by atoms with van der Waals surface area (Å²) in [6, 6.07) is 0. The molecule has 1 aromatic rings. The van der Waals surface area contributed by atoms with Crippen LogP contribution in [0.25, 0.3) is 0 Å². The lowest BCUT2D eigenvalue weighted by Crippen LogP contribution is -2.24. The second-order valence-electron chi connectivity index (χ2n) is 4.40. The third-order valence-corrected chi connectivity index (χ3v) is 1.65. The highest BCUT2D eigenvalue weighted by Gasteiger charge is 2.18. The van der Waals surface area contributed by atoms with E-state index < -0.39 is 16.5 Å². The summed E-state index contributed by atoms with van der Waals surface area (Å²) in [4.78, 5) is 24.4. The molecule has 0 bridgehead atoms.